The fourth-order valence-corrected chi connectivity index (χ4v) is 1.52. The highest BCUT2D eigenvalue weighted by Crippen LogP contribution is 2.19. The summed E-state index contributed by atoms with van der Waals surface area (Å²) in [4.78, 5) is 12.5. The molecule has 10 heavy (non-hydrogen) atoms. The average molecular weight is 255 g/mol. The van der Waals surface area contributed by atoms with Crippen LogP contribution in [0.3, 0.4) is 0 Å². The van der Waals surface area contributed by atoms with Crippen molar-refractivity contribution in [3.8, 4) is 0 Å². The summed E-state index contributed by atoms with van der Waals surface area (Å²) >= 11 is 2.02. The molecule has 1 heterocycles. The van der Waals surface area contributed by atoms with Crippen LogP contribution in [0.25, 0.3) is 0 Å². The molecule has 3 nitrogen and oxygen atoms in total. The summed E-state index contributed by atoms with van der Waals surface area (Å²) in [7, 11) is 0. The molecule has 0 unspecified atom stereocenters. The Bertz CT molecular complexity index is 150. The first-order valence-corrected chi connectivity index (χ1v) is 4.64. The number of rotatable bonds is 1. The van der Waals surface area contributed by atoms with Crippen LogP contribution in [0, 0.1) is 0 Å². The van der Waals surface area contributed by atoms with Crippen LogP contribution in [-0.4, -0.2) is 39.0 Å². The zero-order valence-corrected chi connectivity index (χ0v) is 7.96. The zero-order valence-electron chi connectivity index (χ0n) is 5.80. The molecule has 1 N–H and O–H groups in total. The first-order chi connectivity index (χ1) is 4.55. The molecule has 0 aromatic carbocycles. The van der Waals surface area contributed by atoms with Gasteiger partial charge in [0.05, 0.1) is 23.1 Å². The van der Waals surface area contributed by atoms with E-state index >= 15 is 0 Å². The third-order valence-electron chi connectivity index (χ3n) is 1.53. The number of carbonyl (C=O) groups excluding carboxylic acids is 1. The summed E-state index contributed by atoms with van der Waals surface area (Å²) < 4.78 is 0.508. The van der Waals surface area contributed by atoms with Gasteiger partial charge in [-0.15, -0.1) is 0 Å². The maximum Gasteiger partial charge on any atom is 0.232 e. The quantitative estimate of drug-likeness (QED) is 0.530. The first kappa shape index (κ1) is 8.26. The lowest BCUT2D eigenvalue weighted by molar-refractivity contribution is -0.149. The van der Waals surface area contributed by atoms with Gasteiger partial charge in [0, 0.05) is 0 Å². The molecule has 1 aliphatic rings. The highest BCUT2D eigenvalue weighted by atomic mass is 127. The number of hydrogen-bond donors (Lipinski definition) is 1. The second-order valence-electron chi connectivity index (χ2n) is 2.88. The van der Waals surface area contributed by atoms with Crippen LogP contribution in [-0.2, 0) is 4.79 Å². The molecule has 58 valence electrons. The summed E-state index contributed by atoms with van der Waals surface area (Å²) in [5, 5.41) is 9.23. The van der Waals surface area contributed by atoms with E-state index in [0.29, 0.717) is 17.5 Å². The maximum absolute atomic E-state index is 10.9. The van der Waals surface area contributed by atoms with Gasteiger partial charge in [-0.3, -0.25) is 4.79 Å². The summed E-state index contributed by atoms with van der Waals surface area (Å²) in [5.41, 5.74) is -0.624. The molecule has 0 aliphatic carbocycles. The van der Waals surface area contributed by atoms with Crippen molar-refractivity contribution in [2.45, 2.75) is 12.5 Å². The lowest BCUT2D eigenvalue weighted by atomic mass is 9.97. The van der Waals surface area contributed by atoms with Gasteiger partial charge in [-0.1, -0.05) is 22.6 Å². The van der Waals surface area contributed by atoms with Crippen LogP contribution < -0.4 is 0 Å². The molecule has 1 rings (SSSR count). The van der Waals surface area contributed by atoms with E-state index < -0.39 is 5.60 Å². The van der Waals surface area contributed by atoms with Gasteiger partial charge in [-0.2, -0.15) is 0 Å². The fourth-order valence-electron chi connectivity index (χ4n) is 1.04. The van der Waals surface area contributed by atoms with Crippen LogP contribution in [0.1, 0.15) is 6.92 Å². The van der Waals surface area contributed by atoms with E-state index in [1.54, 1.807) is 11.8 Å². The standard InChI is InChI=1S/C6H10INO2/c1-6(10)3-8(4-6)5(9)2-7/h10H,2-4H2,1H3. The van der Waals surface area contributed by atoms with Crippen molar-refractivity contribution in [2.24, 2.45) is 0 Å². The van der Waals surface area contributed by atoms with Gasteiger partial charge in [0.1, 0.15) is 0 Å². The Morgan fingerprint density at radius 1 is 1.80 bits per heavy atom. The lowest BCUT2D eigenvalue weighted by Crippen LogP contribution is -2.62. The van der Waals surface area contributed by atoms with Crippen LogP contribution >= 0.6 is 22.6 Å². The first-order valence-electron chi connectivity index (χ1n) is 3.11. The Hall–Kier alpha value is 0.160. The molecule has 0 aromatic heterocycles. The van der Waals surface area contributed by atoms with Crippen molar-refractivity contribution in [2.75, 3.05) is 17.5 Å². The van der Waals surface area contributed by atoms with Crippen LogP contribution in [0.15, 0.2) is 0 Å². The molecule has 0 radical (unpaired) electrons. The molecule has 1 amide bonds. The Balaban J connectivity index is 2.33. The van der Waals surface area contributed by atoms with Gasteiger partial charge in [0.2, 0.25) is 5.91 Å². The van der Waals surface area contributed by atoms with E-state index in [2.05, 4.69) is 0 Å². The summed E-state index contributed by atoms with van der Waals surface area (Å²) in [6.45, 7) is 2.73. The molecule has 0 bridgehead atoms. The van der Waals surface area contributed by atoms with Gasteiger partial charge in [0.15, 0.2) is 0 Å². The molecule has 1 aliphatic heterocycles. The highest BCUT2D eigenvalue weighted by Gasteiger charge is 2.38. The van der Waals surface area contributed by atoms with E-state index in [9.17, 15) is 9.90 Å². The number of amides is 1. The molecule has 0 saturated carbocycles. The van der Waals surface area contributed by atoms with Crippen molar-refractivity contribution in [1.29, 1.82) is 0 Å². The van der Waals surface area contributed by atoms with E-state index in [1.165, 1.54) is 0 Å². The monoisotopic (exact) mass is 255 g/mol. The Kier molecular flexibility index (Phi) is 2.19. The number of aliphatic hydroxyl groups is 1. The summed E-state index contributed by atoms with van der Waals surface area (Å²) in [5.74, 6) is 0.118. The SMILES string of the molecule is CC1(O)CN(C(=O)CI)C1. The predicted molar refractivity (Wildman–Crippen MR) is 46.1 cm³/mol. The van der Waals surface area contributed by atoms with Crippen molar-refractivity contribution in [3.05, 3.63) is 0 Å². The number of β-amino-alcohol motifs (C(OH)–C–C–N with tert-alkyl or cyclic N) is 1. The zero-order chi connectivity index (χ0) is 7.78. The number of alkyl halides is 1. The van der Waals surface area contributed by atoms with Crippen molar-refractivity contribution in [1.82, 2.24) is 4.90 Å². The van der Waals surface area contributed by atoms with E-state index in [4.69, 9.17) is 0 Å². The smallest absolute Gasteiger partial charge is 0.232 e. The second kappa shape index (κ2) is 2.65. The highest BCUT2D eigenvalue weighted by molar-refractivity contribution is 14.1. The Labute approximate surface area is 73.5 Å². The number of hydrogen-bond acceptors (Lipinski definition) is 2. The van der Waals surface area contributed by atoms with Crippen molar-refractivity contribution >= 4 is 28.5 Å². The van der Waals surface area contributed by atoms with Gasteiger partial charge in [-0.05, 0) is 6.92 Å². The summed E-state index contributed by atoms with van der Waals surface area (Å²) in [6.07, 6.45) is 0. The average Bonchev–Trinajstić information content (AvgIpc) is 1.81. The molecule has 0 atom stereocenters. The molecule has 1 saturated heterocycles. The minimum atomic E-state index is -0.624. The minimum Gasteiger partial charge on any atom is -0.386 e. The van der Waals surface area contributed by atoms with Gasteiger partial charge in [0.25, 0.3) is 0 Å². The normalized spacial score (nSPS) is 22.1. The number of carbonyl (C=O) groups is 1. The van der Waals surface area contributed by atoms with Gasteiger partial charge >= 0.3 is 0 Å². The number of nitrogens with zero attached hydrogens (tertiary/aromatic N) is 1. The molecule has 0 spiro atoms. The predicted octanol–water partition coefficient (Wildman–Crippen LogP) is 0.0146. The molecule has 1 fully saturated rings. The third-order valence-corrected chi connectivity index (χ3v) is 2.18. The summed E-state index contributed by atoms with van der Waals surface area (Å²) in [6, 6.07) is 0. The van der Waals surface area contributed by atoms with Crippen molar-refractivity contribution in [3.63, 3.8) is 0 Å². The molecular weight excluding hydrogens is 245 g/mol. The fraction of sp³-hybridized carbons (Fsp3) is 0.833. The Morgan fingerprint density at radius 3 is 2.60 bits per heavy atom. The molecular formula is C6H10INO2. The third kappa shape index (κ3) is 1.60. The Morgan fingerprint density at radius 2 is 2.30 bits per heavy atom. The molecule has 0 aromatic rings. The number of halogens is 1. The van der Waals surface area contributed by atoms with E-state index in [1.807, 2.05) is 22.6 Å². The number of likely N-dealkylation sites (tertiary alicyclic amines) is 1. The largest absolute Gasteiger partial charge is 0.386 e. The van der Waals surface area contributed by atoms with E-state index in [-0.39, 0.29) is 5.91 Å². The van der Waals surface area contributed by atoms with Gasteiger partial charge in [-0.25, -0.2) is 0 Å². The van der Waals surface area contributed by atoms with E-state index in [0.717, 1.165) is 0 Å². The maximum atomic E-state index is 10.9. The lowest BCUT2D eigenvalue weighted by Gasteiger charge is -2.43. The second-order valence-corrected chi connectivity index (χ2v) is 3.64. The van der Waals surface area contributed by atoms with Crippen LogP contribution in [0.4, 0.5) is 0 Å². The topological polar surface area (TPSA) is 40.5 Å². The van der Waals surface area contributed by atoms with Crippen molar-refractivity contribution < 1.29 is 9.90 Å². The molecule has 4 heteroatoms. The minimum absolute atomic E-state index is 0.118. The van der Waals surface area contributed by atoms with Crippen LogP contribution in [0.5, 0.6) is 0 Å². The van der Waals surface area contributed by atoms with Crippen LogP contribution in [0.2, 0.25) is 0 Å². The van der Waals surface area contributed by atoms with Gasteiger partial charge < -0.3 is 10.0 Å².